The molecule has 36 heavy (non-hydrogen) atoms. The summed E-state index contributed by atoms with van der Waals surface area (Å²) in [7, 11) is 1.89. The minimum atomic E-state index is -1.58. The molecule has 0 aromatic heterocycles. The van der Waals surface area contributed by atoms with Gasteiger partial charge in [-0.2, -0.15) is 0 Å². The summed E-state index contributed by atoms with van der Waals surface area (Å²) in [4.78, 5) is 36.6. The summed E-state index contributed by atoms with van der Waals surface area (Å²) in [5.41, 5.74) is 1.98. The third-order valence-electron chi connectivity index (χ3n) is 5.43. The molecule has 1 heterocycles. The van der Waals surface area contributed by atoms with Crippen LogP contribution in [-0.2, 0) is 20.8 Å². The van der Waals surface area contributed by atoms with Crippen molar-refractivity contribution >= 4 is 18.0 Å². The lowest BCUT2D eigenvalue weighted by molar-refractivity contribution is -0.384. The van der Waals surface area contributed by atoms with Gasteiger partial charge in [-0.05, 0) is 32.0 Å². The third-order valence-corrected chi connectivity index (χ3v) is 5.43. The van der Waals surface area contributed by atoms with Gasteiger partial charge in [0.25, 0.3) is 5.69 Å². The minimum absolute atomic E-state index is 0.0139. The van der Waals surface area contributed by atoms with Gasteiger partial charge < -0.3 is 24.6 Å². The van der Waals surface area contributed by atoms with E-state index in [-0.39, 0.29) is 23.8 Å². The number of benzene rings is 2. The van der Waals surface area contributed by atoms with Gasteiger partial charge in [0.15, 0.2) is 0 Å². The normalized spacial score (nSPS) is 15.4. The molecular weight excluding hydrogens is 470 g/mol. The van der Waals surface area contributed by atoms with Crippen LogP contribution in [0.3, 0.4) is 0 Å². The number of hydrogen-bond donors (Lipinski definition) is 2. The number of dihydropyridines is 1. The fraction of sp³-hybridized carbons (Fsp3) is 0.280. The van der Waals surface area contributed by atoms with Crippen LogP contribution < -0.4 is 5.32 Å². The highest BCUT2D eigenvalue weighted by Crippen LogP contribution is 2.40. The van der Waals surface area contributed by atoms with Gasteiger partial charge in [-0.15, -0.1) is 0 Å². The number of likely N-dealkylation sites (N-methyl/N-ethyl adjacent to an activating group) is 1. The molecule has 0 bridgehead atoms. The number of carbonyl (C=O) groups excluding carboxylic acids is 1. The average molecular weight is 498 g/mol. The number of rotatable bonds is 9. The monoisotopic (exact) mass is 497 g/mol. The first-order chi connectivity index (χ1) is 17.2. The molecule has 190 valence electrons. The van der Waals surface area contributed by atoms with E-state index in [2.05, 4.69) is 5.32 Å². The molecule has 1 atom stereocenters. The van der Waals surface area contributed by atoms with Crippen molar-refractivity contribution in [3.05, 3.63) is 98.8 Å². The molecule has 11 nitrogen and oxygen atoms in total. The van der Waals surface area contributed by atoms with Gasteiger partial charge in [-0.3, -0.25) is 15.0 Å². The Balaban J connectivity index is 1.75. The fourth-order valence-corrected chi connectivity index (χ4v) is 3.82. The Bertz CT molecular complexity index is 1190. The molecule has 1 aliphatic heterocycles. The maximum Gasteiger partial charge on any atom is 0.513 e. The molecule has 3 rings (SSSR count). The molecule has 0 spiro atoms. The first kappa shape index (κ1) is 26.2. The molecule has 1 unspecified atom stereocenters. The second-order valence-electron chi connectivity index (χ2n) is 8.18. The van der Waals surface area contributed by atoms with Crippen LogP contribution in [0, 0.1) is 10.1 Å². The van der Waals surface area contributed by atoms with Crippen LogP contribution in [0.2, 0.25) is 0 Å². The van der Waals surface area contributed by atoms with E-state index in [1.54, 1.807) is 19.9 Å². The van der Waals surface area contributed by atoms with Crippen molar-refractivity contribution in [1.29, 1.82) is 0 Å². The molecule has 11 heteroatoms. The highest BCUT2D eigenvalue weighted by atomic mass is 16.7. The lowest BCUT2D eigenvalue weighted by atomic mass is 9.90. The van der Waals surface area contributed by atoms with Gasteiger partial charge in [0, 0.05) is 25.2 Å². The zero-order chi connectivity index (χ0) is 26.2. The first-order valence-electron chi connectivity index (χ1n) is 11.1. The standard InChI is InChI=1S/C25H27N3O8/c1-16-22(35-24(29)30)21(19-10-7-11-20(14-19)28(32)33)23(17(2)26-16)36-25(31)34-13-12-27(3)15-18-8-5-4-6-9-18/h4-11,14,21,26H,12-13,15H2,1-3H3,(H,29,30). The second kappa shape index (κ2) is 11.8. The highest BCUT2D eigenvalue weighted by Gasteiger charge is 2.36. The van der Waals surface area contributed by atoms with Crippen LogP contribution >= 0.6 is 0 Å². The molecule has 0 radical (unpaired) electrons. The fourth-order valence-electron chi connectivity index (χ4n) is 3.82. The quantitative estimate of drug-likeness (QED) is 0.284. The molecular formula is C25H27N3O8. The molecule has 0 saturated heterocycles. The number of nitro benzene ring substituents is 1. The molecule has 0 amide bonds. The second-order valence-corrected chi connectivity index (χ2v) is 8.18. The van der Waals surface area contributed by atoms with Crippen molar-refractivity contribution < 1.29 is 33.8 Å². The van der Waals surface area contributed by atoms with Gasteiger partial charge >= 0.3 is 12.3 Å². The van der Waals surface area contributed by atoms with Crippen molar-refractivity contribution in [3.63, 3.8) is 0 Å². The van der Waals surface area contributed by atoms with Gasteiger partial charge in [-0.25, -0.2) is 9.59 Å². The van der Waals surface area contributed by atoms with Crippen molar-refractivity contribution in [2.75, 3.05) is 20.2 Å². The predicted molar refractivity (Wildman–Crippen MR) is 129 cm³/mol. The number of ether oxygens (including phenoxy) is 3. The van der Waals surface area contributed by atoms with Gasteiger partial charge in [-0.1, -0.05) is 42.5 Å². The van der Waals surface area contributed by atoms with Crippen LogP contribution in [0.15, 0.2) is 77.5 Å². The molecule has 2 N–H and O–H groups in total. The number of nitrogens with zero attached hydrogens (tertiary/aromatic N) is 2. The number of hydrogen-bond acceptors (Lipinski definition) is 9. The van der Waals surface area contributed by atoms with Gasteiger partial charge in [0.2, 0.25) is 0 Å². The number of carbonyl (C=O) groups is 2. The maximum absolute atomic E-state index is 12.6. The summed E-state index contributed by atoms with van der Waals surface area (Å²) in [5.74, 6) is -1.09. The van der Waals surface area contributed by atoms with Crippen LogP contribution in [-0.4, -0.2) is 47.4 Å². The smallest absolute Gasteiger partial charge is 0.449 e. The molecule has 2 aromatic carbocycles. The van der Waals surface area contributed by atoms with E-state index in [4.69, 9.17) is 14.2 Å². The minimum Gasteiger partial charge on any atom is -0.449 e. The summed E-state index contributed by atoms with van der Waals surface area (Å²) >= 11 is 0. The number of nitrogens with one attached hydrogen (secondary N) is 1. The average Bonchev–Trinajstić information content (AvgIpc) is 2.82. The van der Waals surface area contributed by atoms with Crippen LogP contribution in [0.25, 0.3) is 0 Å². The maximum atomic E-state index is 12.6. The number of allylic oxidation sites excluding steroid dienone is 2. The lowest BCUT2D eigenvalue weighted by Gasteiger charge is -2.29. The topological polar surface area (TPSA) is 140 Å². The molecule has 2 aromatic rings. The van der Waals surface area contributed by atoms with E-state index in [0.29, 0.717) is 30.0 Å². The van der Waals surface area contributed by atoms with Crippen molar-refractivity contribution in [3.8, 4) is 0 Å². The van der Waals surface area contributed by atoms with E-state index in [9.17, 15) is 24.8 Å². The molecule has 0 saturated carbocycles. The Morgan fingerprint density at radius 1 is 1.06 bits per heavy atom. The van der Waals surface area contributed by atoms with Crippen LogP contribution in [0.5, 0.6) is 0 Å². The summed E-state index contributed by atoms with van der Waals surface area (Å²) in [6.07, 6.45) is -2.58. The summed E-state index contributed by atoms with van der Waals surface area (Å²) < 4.78 is 15.7. The van der Waals surface area contributed by atoms with Crippen molar-refractivity contribution in [2.24, 2.45) is 0 Å². The van der Waals surface area contributed by atoms with E-state index in [1.807, 2.05) is 42.3 Å². The van der Waals surface area contributed by atoms with Gasteiger partial charge in [0.1, 0.15) is 24.0 Å². The first-order valence-corrected chi connectivity index (χ1v) is 11.1. The Morgan fingerprint density at radius 3 is 2.36 bits per heavy atom. The van der Waals surface area contributed by atoms with Crippen LogP contribution in [0.1, 0.15) is 30.9 Å². The Labute approximate surface area is 207 Å². The third kappa shape index (κ3) is 6.83. The number of nitro groups is 1. The Morgan fingerprint density at radius 2 is 1.72 bits per heavy atom. The zero-order valence-corrected chi connectivity index (χ0v) is 20.1. The molecule has 0 fully saturated rings. The SMILES string of the molecule is CC1=C(OC(=O)O)C(c2cccc([N+](=O)[O-])c2)C(OC(=O)OCCN(C)Cc2ccccc2)=C(C)N1. The van der Waals surface area contributed by atoms with E-state index < -0.39 is 23.2 Å². The largest absolute Gasteiger partial charge is 0.513 e. The Kier molecular flexibility index (Phi) is 8.63. The molecule has 0 aliphatic carbocycles. The number of carboxylic acid groups (broad SMARTS) is 1. The summed E-state index contributed by atoms with van der Waals surface area (Å²) in [6, 6.07) is 15.4. The van der Waals surface area contributed by atoms with E-state index in [1.165, 1.54) is 18.2 Å². The van der Waals surface area contributed by atoms with Crippen molar-refractivity contribution in [2.45, 2.75) is 26.3 Å². The van der Waals surface area contributed by atoms with E-state index >= 15 is 0 Å². The Hall–Kier alpha value is -4.38. The zero-order valence-electron chi connectivity index (χ0n) is 20.1. The number of non-ortho nitro benzene ring substituents is 1. The van der Waals surface area contributed by atoms with E-state index in [0.717, 1.165) is 5.56 Å². The summed E-state index contributed by atoms with van der Waals surface area (Å²) in [6.45, 7) is 4.38. The predicted octanol–water partition coefficient (Wildman–Crippen LogP) is 4.72. The van der Waals surface area contributed by atoms with Crippen LogP contribution in [0.4, 0.5) is 15.3 Å². The summed E-state index contributed by atoms with van der Waals surface area (Å²) in [5, 5.41) is 23.5. The highest BCUT2D eigenvalue weighted by molar-refractivity contribution is 5.64. The molecule has 1 aliphatic rings. The lowest BCUT2D eigenvalue weighted by Crippen LogP contribution is -2.29. The van der Waals surface area contributed by atoms with Crippen molar-refractivity contribution in [1.82, 2.24) is 10.2 Å². The van der Waals surface area contributed by atoms with Gasteiger partial charge in [0.05, 0.1) is 16.3 Å².